The first-order valence-corrected chi connectivity index (χ1v) is 6.32. The maximum atomic E-state index is 11.6. The van der Waals surface area contributed by atoms with Gasteiger partial charge in [-0.05, 0) is 19.1 Å². The van der Waals surface area contributed by atoms with Crippen molar-refractivity contribution in [1.29, 1.82) is 0 Å². The van der Waals surface area contributed by atoms with Crippen LogP contribution in [0.15, 0.2) is 22.8 Å². The number of hydrogen-bond donors (Lipinski definition) is 3. The molecule has 7 nitrogen and oxygen atoms in total. The lowest BCUT2D eigenvalue weighted by molar-refractivity contribution is -0.139. The fourth-order valence-corrected chi connectivity index (χ4v) is 1.70. The van der Waals surface area contributed by atoms with E-state index in [0.717, 1.165) is 5.76 Å². The van der Waals surface area contributed by atoms with Crippen LogP contribution in [0.5, 0.6) is 0 Å². The Morgan fingerprint density at radius 2 is 2.25 bits per heavy atom. The topological polar surface area (TPSA) is 101 Å². The van der Waals surface area contributed by atoms with E-state index in [-0.39, 0.29) is 25.0 Å². The van der Waals surface area contributed by atoms with Crippen molar-refractivity contribution in [2.24, 2.45) is 0 Å². The second-order valence-electron chi connectivity index (χ2n) is 4.49. The third-order valence-electron chi connectivity index (χ3n) is 2.69. The molecular weight excluding hydrogens is 264 g/mol. The maximum absolute atomic E-state index is 11.6. The third-order valence-corrected chi connectivity index (χ3v) is 2.69. The van der Waals surface area contributed by atoms with Gasteiger partial charge in [-0.2, -0.15) is 0 Å². The molecule has 3 N–H and O–H groups in total. The van der Waals surface area contributed by atoms with Crippen LogP contribution in [0.2, 0.25) is 0 Å². The van der Waals surface area contributed by atoms with Crippen molar-refractivity contribution in [3.63, 3.8) is 0 Å². The summed E-state index contributed by atoms with van der Waals surface area (Å²) >= 11 is 0. The molecule has 0 aliphatic rings. The standard InChI is InChI=1S/C13H20N2O5/c1-9(6-10-4-3-5-20-10)15-13(18)14-8-11(19-2)7-12(16)17/h3-5,9,11H,6-8H2,1-2H3,(H,16,17)(H2,14,15,18). The number of ether oxygens (including phenoxy) is 1. The van der Waals surface area contributed by atoms with Crippen LogP contribution in [0.25, 0.3) is 0 Å². The summed E-state index contributed by atoms with van der Waals surface area (Å²) in [7, 11) is 1.41. The van der Waals surface area contributed by atoms with Crippen LogP contribution < -0.4 is 10.6 Å². The minimum absolute atomic E-state index is 0.0957. The number of amides is 2. The summed E-state index contributed by atoms with van der Waals surface area (Å²) in [5.74, 6) is -0.177. The molecule has 0 aliphatic heterocycles. The maximum Gasteiger partial charge on any atom is 0.315 e. The molecule has 1 heterocycles. The van der Waals surface area contributed by atoms with Gasteiger partial charge in [-0.15, -0.1) is 0 Å². The molecule has 20 heavy (non-hydrogen) atoms. The van der Waals surface area contributed by atoms with Gasteiger partial charge in [0, 0.05) is 26.1 Å². The minimum Gasteiger partial charge on any atom is -0.481 e. The zero-order valence-corrected chi connectivity index (χ0v) is 11.6. The summed E-state index contributed by atoms with van der Waals surface area (Å²) in [6.07, 6.45) is 1.47. The monoisotopic (exact) mass is 284 g/mol. The normalized spacial score (nSPS) is 13.5. The van der Waals surface area contributed by atoms with Gasteiger partial charge in [0.05, 0.1) is 18.8 Å². The zero-order valence-electron chi connectivity index (χ0n) is 11.6. The summed E-state index contributed by atoms with van der Waals surface area (Å²) in [6.45, 7) is 2.00. The van der Waals surface area contributed by atoms with E-state index in [1.165, 1.54) is 7.11 Å². The predicted molar refractivity (Wildman–Crippen MR) is 71.5 cm³/mol. The van der Waals surface area contributed by atoms with Gasteiger partial charge in [-0.25, -0.2) is 4.79 Å². The highest BCUT2D eigenvalue weighted by Gasteiger charge is 2.14. The summed E-state index contributed by atoms with van der Waals surface area (Å²) < 4.78 is 10.2. The van der Waals surface area contributed by atoms with Crippen LogP contribution in [0, 0.1) is 0 Å². The Morgan fingerprint density at radius 1 is 1.50 bits per heavy atom. The molecule has 2 atom stereocenters. The van der Waals surface area contributed by atoms with E-state index < -0.39 is 12.1 Å². The Bertz CT molecular complexity index is 418. The van der Waals surface area contributed by atoms with E-state index in [0.29, 0.717) is 6.42 Å². The Kier molecular flexibility index (Phi) is 6.58. The van der Waals surface area contributed by atoms with E-state index in [1.54, 1.807) is 12.3 Å². The number of rotatable bonds is 8. The van der Waals surface area contributed by atoms with Crippen LogP contribution in [0.3, 0.4) is 0 Å². The van der Waals surface area contributed by atoms with Gasteiger partial charge in [-0.1, -0.05) is 0 Å². The summed E-state index contributed by atoms with van der Waals surface area (Å²) in [4.78, 5) is 22.2. The number of carbonyl (C=O) groups excluding carboxylic acids is 1. The molecule has 1 rings (SSSR count). The van der Waals surface area contributed by atoms with Crippen LogP contribution in [-0.2, 0) is 16.0 Å². The lowest BCUT2D eigenvalue weighted by Gasteiger charge is -2.17. The first-order chi connectivity index (χ1) is 9.51. The first-order valence-electron chi connectivity index (χ1n) is 6.32. The number of nitrogens with one attached hydrogen (secondary N) is 2. The van der Waals surface area contributed by atoms with Crippen LogP contribution >= 0.6 is 0 Å². The van der Waals surface area contributed by atoms with Gasteiger partial charge in [-0.3, -0.25) is 4.79 Å². The number of aliphatic carboxylic acids is 1. The highest BCUT2D eigenvalue weighted by Crippen LogP contribution is 2.03. The average Bonchev–Trinajstić information content (AvgIpc) is 2.86. The molecular formula is C13H20N2O5. The van der Waals surface area contributed by atoms with Crippen LogP contribution in [0.1, 0.15) is 19.1 Å². The van der Waals surface area contributed by atoms with Crippen LogP contribution in [-0.4, -0.2) is 42.9 Å². The first kappa shape index (κ1) is 16.0. The van der Waals surface area contributed by atoms with E-state index in [9.17, 15) is 9.59 Å². The minimum atomic E-state index is -0.967. The van der Waals surface area contributed by atoms with Crippen molar-refractivity contribution in [2.75, 3.05) is 13.7 Å². The second kappa shape index (κ2) is 8.21. The number of carboxylic acid groups (broad SMARTS) is 1. The van der Waals surface area contributed by atoms with Gasteiger partial charge in [0.15, 0.2) is 0 Å². The van der Waals surface area contributed by atoms with Gasteiger partial charge in [0.2, 0.25) is 0 Å². The summed E-state index contributed by atoms with van der Waals surface area (Å²) in [5.41, 5.74) is 0. The fraction of sp³-hybridized carbons (Fsp3) is 0.538. The Morgan fingerprint density at radius 3 is 2.80 bits per heavy atom. The van der Waals surface area contributed by atoms with E-state index >= 15 is 0 Å². The number of urea groups is 1. The number of methoxy groups -OCH3 is 1. The van der Waals surface area contributed by atoms with Crippen molar-refractivity contribution in [2.45, 2.75) is 31.9 Å². The molecule has 0 bridgehead atoms. The molecule has 0 spiro atoms. The van der Waals surface area contributed by atoms with Crippen molar-refractivity contribution in [1.82, 2.24) is 10.6 Å². The number of furan rings is 1. The van der Waals surface area contributed by atoms with E-state index in [2.05, 4.69) is 10.6 Å². The molecule has 0 aliphatic carbocycles. The second-order valence-corrected chi connectivity index (χ2v) is 4.49. The number of carboxylic acids is 1. The lowest BCUT2D eigenvalue weighted by Crippen LogP contribution is -2.44. The quantitative estimate of drug-likeness (QED) is 0.661. The Hall–Kier alpha value is -2.02. The fourth-order valence-electron chi connectivity index (χ4n) is 1.70. The van der Waals surface area contributed by atoms with Crippen molar-refractivity contribution < 1.29 is 23.8 Å². The molecule has 1 aromatic rings. The molecule has 0 saturated carbocycles. The molecule has 0 fully saturated rings. The molecule has 0 saturated heterocycles. The van der Waals surface area contributed by atoms with Crippen LogP contribution in [0.4, 0.5) is 4.79 Å². The van der Waals surface area contributed by atoms with Crippen molar-refractivity contribution >= 4 is 12.0 Å². The van der Waals surface area contributed by atoms with E-state index in [1.807, 2.05) is 13.0 Å². The molecule has 0 aromatic carbocycles. The molecule has 2 unspecified atom stereocenters. The SMILES string of the molecule is COC(CNC(=O)NC(C)Cc1ccco1)CC(=O)O. The molecule has 0 radical (unpaired) electrons. The zero-order chi connectivity index (χ0) is 15.0. The molecule has 1 aromatic heterocycles. The number of hydrogen-bond acceptors (Lipinski definition) is 4. The highest BCUT2D eigenvalue weighted by atomic mass is 16.5. The van der Waals surface area contributed by atoms with Gasteiger partial charge < -0.3 is 24.9 Å². The van der Waals surface area contributed by atoms with Crippen molar-refractivity contribution in [3.05, 3.63) is 24.2 Å². The van der Waals surface area contributed by atoms with Crippen molar-refractivity contribution in [3.8, 4) is 0 Å². The summed E-state index contributed by atoms with van der Waals surface area (Å²) in [6, 6.07) is 3.17. The summed E-state index contributed by atoms with van der Waals surface area (Å²) in [5, 5.41) is 14.0. The van der Waals surface area contributed by atoms with Gasteiger partial charge in [0.1, 0.15) is 5.76 Å². The van der Waals surface area contributed by atoms with E-state index in [4.69, 9.17) is 14.3 Å². The molecule has 7 heteroatoms. The smallest absolute Gasteiger partial charge is 0.315 e. The predicted octanol–water partition coefficient (Wildman–Crippen LogP) is 0.999. The Balaban J connectivity index is 2.26. The largest absolute Gasteiger partial charge is 0.481 e. The lowest BCUT2D eigenvalue weighted by atomic mass is 10.2. The molecule has 112 valence electrons. The Labute approximate surface area is 117 Å². The molecule has 2 amide bonds. The number of carbonyl (C=O) groups is 2. The van der Waals surface area contributed by atoms with Gasteiger partial charge >= 0.3 is 12.0 Å². The van der Waals surface area contributed by atoms with Gasteiger partial charge in [0.25, 0.3) is 0 Å². The highest BCUT2D eigenvalue weighted by molar-refractivity contribution is 5.74. The third kappa shape index (κ3) is 6.24. The average molecular weight is 284 g/mol.